The van der Waals surface area contributed by atoms with Gasteiger partial charge in [-0.1, -0.05) is 24.4 Å². The van der Waals surface area contributed by atoms with Gasteiger partial charge in [0.15, 0.2) is 11.5 Å². The van der Waals surface area contributed by atoms with Gasteiger partial charge in [0.25, 0.3) is 0 Å². The van der Waals surface area contributed by atoms with Crippen LogP contribution in [0.5, 0.6) is 11.5 Å². The molecule has 1 heterocycles. The molecule has 28 heavy (non-hydrogen) atoms. The Kier molecular flexibility index (Phi) is 9.28. The minimum atomic E-state index is -1.19. The average molecular weight is 412 g/mol. The molecule has 4 N–H and O–H groups in total. The Morgan fingerprint density at radius 3 is 2.50 bits per heavy atom. The fraction of sp³-hybridized carbons (Fsp3) is 0.632. The molecule has 154 valence electrons. The predicted octanol–water partition coefficient (Wildman–Crippen LogP) is 2.41. The topological polar surface area (TPSA) is 119 Å². The summed E-state index contributed by atoms with van der Waals surface area (Å²) in [5.41, 5.74) is 7.40. The SMILES string of the molecule is NC(CCCCB(O)O)C1CC(CCc2cc3c(cc2Cl)OCO3)C1.O=C=O. The van der Waals surface area contributed by atoms with Crippen LogP contribution in [-0.2, 0) is 16.0 Å². The van der Waals surface area contributed by atoms with Gasteiger partial charge in [0.05, 0.1) is 0 Å². The highest BCUT2D eigenvalue weighted by Gasteiger charge is 2.32. The number of ether oxygens (including phenoxy) is 2. The third kappa shape index (κ3) is 6.80. The monoisotopic (exact) mass is 411 g/mol. The molecular formula is C19H27BClNO6. The first kappa shape index (κ1) is 22.7. The average Bonchev–Trinajstić information content (AvgIpc) is 3.05. The number of carbonyl (C=O) groups excluding carboxylic acids is 2. The number of rotatable bonds is 9. The third-order valence-corrected chi connectivity index (χ3v) is 5.84. The fourth-order valence-corrected chi connectivity index (χ4v) is 4.07. The van der Waals surface area contributed by atoms with E-state index in [1.54, 1.807) is 0 Å². The van der Waals surface area contributed by atoms with E-state index in [1.165, 1.54) is 12.8 Å². The van der Waals surface area contributed by atoms with Gasteiger partial charge < -0.3 is 25.3 Å². The lowest BCUT2D eigenvalue weighted by atomic mass is 9.68. The number of unbranched alkanes of at least 4 members (excludes halogenated alkanes) is 1. The summed E-state index contributed by atoms with van der Waals surface area (Å²) < 4.78 is 10.8. The molecule has 1 saturated carbocycles. The molecule has 1 aliphatic heterocycles. The van der Waals surface area contributed by atoms with Gasteiger partial charge in [-0.3, -0.25) is 0 Å². The lowest BCUT2D eigenvalue weighted by molar-refractivity contribution is -0.191. The standard InChI is InChI=1S/C18H27BClNO4.CO2/c20-15-10-18-17(24-11-25-18)9-13(15)5-4-12-7-14(8-12)16(21)3-1-2-6-19(22)23;2-1-3/h9-10,12,14,16,22-23H,1-8,11,21H2;. The second-order valence-corrected chi connectivity index (χ2v) is 7.85. The van der Waals surface area contributed by atoms with Crippen molar-refractivity contribution >= 4 is 24.9 Å². The maximum Gasteiger partial charge on any atom is 0.451 e. The van der Waals surface area contributed by atoms with Crippen LogP contribution in [-0.4, -0.2) is 36.2 Å². The number of nitrogens with two attached hydrogens (primary N) is 1. The maximum absolute atomic E-state index is 8.84. The number of hydrogen-bond donors (Lipinski definition) is 3. The number of halogens is 1. The zero-order valence-corrected chi connectivity index (χ0v) is 16.6. The molecule has 7 nitrogen and oxygen atoms in total. The van der Waals surface area contributed by atoms with Crippen LogP contribution in [0.3, 0.4) is 0 Å². The van der Waals surface area contributed by atoms with Crippen LogP contribution in [0.4, 0.5) is 0 Å². The van der Waals surface area contributed by atoms with Crippen LogP contribution >= 0.6 is 11.6 Å². The van der Waals surface area contributed by atoms with Crippen LogP contribution in [0.15, 0.2) is 12.1 Å². The third-order valence-electron chi connectivity index (χ3n) is 5.49. The van der Waals surface area contributed by atoms with E-state index in [4.69, 9.17) is 46.4 Å². The minimum Gasteiger partial charge on any atom is -0.454 e. The van der Waals surface area contributed by atoms with Crippen molar-refractivity contribution in [3.05, 3.63) is 22.7 Å². The van der Waals surface area contributed by atoms with Crippen LogP contribution in [0.1, 0.15) is 44.1 Å². The normalized spacial score (nSPS) is 20.4. The van der Waals surface area contributed by atoms with Crippen LogP contribution in [0, 0.1) is 11.8 Å². The summed E-state index contributed by atoms with van der Waals surface area (Å²) in [6, 6.07) is 4.09. The quantitative estimate of drug-likeness (QED) is 0.421. The molecule has 0 saturated heterocycles. The Morgan fingerprint density at radius 2 is 1.86 bits per heavy atom. The van der Waals surface area contributed by atoms with Crippen LogP contribution in [0.25, 0.3) is 0 Å². The first-order chi connectivity index (χ1) is 13.4. The summed E-state index contributed by atoms with van der Waals surface area (Å²) in [5, 5.41) is 18.4. The molecule has 1 aromatic carbocycles. The summed E-state index contributed by atoms with van der Waals surface area (Å²) in [4.78, 5) is 16.2. The molecule has 1 atom stereocenters. The number of fused-ring (bicyclic) bond motifs is 1. The van der Waals surface area contributed by atoms with Crippen molar-refractivity contribution in [2.75, 3.05) is 6.79 Å². The Morgan fingerprint density at radius 1 is 1.21 bits per heavy atom. The Bertz CT molecular complexity index is 662. The molecule has 0 spiro atoms. The first-order valence-corrected chi connectivity index (χ1v) is 10.0. The summed E-state index contributed by atoms with van der Waals surface area (Å²) in [7, 11) is -1.19. The van der Waals surface area contributed by atoms with E-state index in [9.17, 15) is 0 Å². The number of aryl methyl sites for hydroxylation is 1. The van der Waals surface area contributed by atoms with Crippen molar-refractivity contribution in [3.8, 4) is 11.5 Å². The van der Waals surface area contributed by atoms with Crippen molar-refractivity contribution < 1.29 is 29.1 Å². The number of hydrogen-bond acceptors (Lipinski definition) is 7. The van der Waals surface area contributed by atoms with Crippen molar-refractivity contribution in [1.29, 1.82) is 0 Å². The lowest BCUT2D eigenvalue weighted by Crippen LogP contribution is -2.39. The molecule has 0 aromatic heterocycles. The highest BCUT2D eigenvalue weighted by Crippen LogP contribution is 2.41. The Hall–Kier alpha value is -1.57. The second-order valence-electron chi connectivity index (χ2n) is 7.45. The van der Waals surface area contributed by atoms with E-state index in [1.807, 2.05) is 12.1 Å². The van der Waals surface area contributed by atoms with Gasteiger partial charge >= 0.3 is 13.3 Å². The van der Waals surface area contributed by atoms with Crippen LogP contribution < -0.4 is 15.2 Å². The largest absolute Gasteiger partial charge is 0.454 e. The molecule has 1 aromatic rings. The molecular weight excluding hydrogens is 384 g/mol. The molecule has 0 radical (unpaired) electrons. The molecule has 1 aliphatic carbocycles. The molecule has 9 heteroatoms. The molecule has 2 aliphatic rings. The van der Waals surface area contributed by atoms with Gasteiger partial charge in [-0.2, -0.15) is 9.59 Å². The van der Waals surface area contributed by atoms with E-state index in [0.717, 1.165) is 60.1 Å². The second kappa shape index (κ2) is 11.4. The summed E-state index contributed by atoms with van der Waals surface area (Å²) in [6.45, 7) is 0.272. The molecule has 0 bridgehead atoms. The molecule has 0 amide bonds. The van der Waals surface area contributed by atoms with Crippen molar-refractivity contribution in [3.63, 3.8) is 0 Å². The molecule has 1 fully saturated rings. The van der Waals surface area contributed by atoms with E-state index < -0.39 is 7.12 Å². The van der Waals surface area contributed by atoms with Crippen molar-refractivity contribution in [2.24, 2.45) is 17.6 Å². The van der Waals surface area contributed by atoms with E-state index in [-0.39, 0.29) is 19.0 Å². The number of benzene rings is 1. The predicted molar refractivity (Wildman–Crippen MR) is 104 cm³/mol. The van der Waals surface area contributed by atoms with E-state index in [2.05, 4.69) is 0 Å². The van der Waals surface area contributed by atoms with Crippen molar-refractivity contribution in [2.45, 2.75) is 57.3 Å². The smallest absolute Gasteiger partial charge is 0.451 e. The summed E-state index contributed by atoms with van der Waals surface area (Å²) in [5.74, 6) is 2.85. The zero-order valence-electron chi connectivity index (χ0n) is 15.8. The molecule has 1 unspecified atom stereocenters. The summed E-state index contributed by atoms with van der Waals surface area (Å²) in [6.07, 6.45) is 7.90. The Labute approximate surface area is 170 Å². The van der Waals surface area contributed by atoms with Gasteiger partial charge in [-0.25, -0.2) is 0 Å². The van der Waals surface area contributed by atoms with Gasteiger partial charge in [-0.05, 0) is 61.9 Å². The minimum absolute atomic E-state index is 0.237. The van der Waals surface area contributed by atoms with E-state index >= 15 is 0 Å². The molecule has 3 rings (SSSR count). The highest BCUT2D eigenvalue weighted by molar-refractivity contribution is 6.40. The van der Waals surface area contributed by atoms with Crippen molar-refractivity contribution in [1.82, 2.24) is 0 Å². The summed E-state index contributed by atoms with van der Waals surface area (Å²) >= 11 is 6.33. The zero-order chi connectivity index (χ0) is 20.5. The highest BCUT2D eigenvalue weighted by atomic mass is 35.5. The van der Waals surface area contributed by atoms with Gasteiger partial charge in [0.2, 0.25) is 6.79 Å². The van der Waals surface area contributed by atoms with Gasteiger partial charge in [-0.15, -0.1) is 0 Å². The Balaban J connectivity index is 0.000000878. The lowest BCUT2D eigenvalue weighted by Gasteiger charge is -2.39. The van der Waals surface area contributed by atoms with Gasteiger partial charge in [0.1, 0.15) is 0 Å². The maximum atomic E-state index is 8.84. The van der Waals surface area contributed by atoms with Gasteiger partial charge in [0, 0.05) is 17.1 Å². The van der Waals surface area contributed by atoms with Crippen LogP contribution in [0.2, 0.25) is 11.3 Å². The first-order valence-electron chi connectivity index (χ1n) is 9.63. The van der Waals surface area contributed by atoms with E-state index in [0.29, 0.717) is 12.2 Å². The fourth-order valence-electron chi connectivity index (χ4n) is 3.83.